The van der Waals surface area contributed by atoms with Crippen molar-refractivity contribution in [3.63, 3.8) is 0 Å². The first kappa shape index (κ1) is 22.0. The highest BCUT2D eigenvalue weighted by Gasteiger charge is 2.26. The summed E-state index contributed by atoms with van der Waals surface area (Å²) in [7, 11) is -3.39. The summed E-state index contributed by atoms with van der Waals surface area (Å²) in [6.07, 6.45) is 5.47. The van der Waals surface area contributed by atoms with Gasteiger partial charge in [0, 0.05) is 12.6 Å². The lowest BCUT2D eigenvalue weighted by atomic mass is 9.85. The first-order valence-electron chi connectivity index (χ1n) is 10.9. The minimum atomic E-state index is -3.39. The van der Waals surface area contributed by atoms with Gasteiger partial charge in [-0.15, -0.1) is 0 Å². The molecular weight excluding hydrogens is 380 g/mol. The molecule has 0 fully saturated rings. The summed E-state index contributed by atoms with van der Waals surface area (Å²) in [5.74, 6) is 0.0529. The van der Waals surface area contributed by atoms with Gasteiger partial charge in [0.05, 0.1) is 5.75 Å². The summed E-state index contributed by atoms with van der Waals surface area (Å²) in [5.41, 5.74) is 4.51. The number of benzene rings is 2. The van der Waals surface area contributed by atoms with Gasteiger partial charge in [0.1, 0.15) is 0 Å². The van der Waals surface area contributed by atoms with Gasteiger partial charge in [0.25, 0.3) is 0 Å². The number of nitrogens with zero attached hydrogens (tertiary/aromatic N) is 1. The van der Waals surface area contributed by atoms with Crippen LogP contribution < -0.4 is 4.72 Å². The van der Waals surface area contributed by atoms with Crippen LogP contribution in [0.25, 0.3) is 0 Å². The molecule has 1 atom stereocenters. The molecule has 1 N–H and O–H groups in total. The van der Waals surface area contributed by atoms with Gasteiger partial charge in [-0.05, 0) is 67.4 Å². The number of hydrogen-bond acceptors (Lipinski definition) is 3. The average Bonchev–Trinajstić information content (AvgIpc) is 2.73. The van der Waals surface area contributed by atoms with Gasteiger partial charge >= 0.3 is 0 Å². The predicted molar refractivity (Wildman–Crippen MR) is 120 cm³/mol. The molecule has 1 aliphatic rings. The summed E-state index contributed by atoms with van der Waals surface area (Å²) >= 11 is 0. The van der Waals surface area contributed by atoms with Crippen molar-refractivity contribution in [3.8, 4) is 0 Å². The van der Waals surface area contributed by atoms with Crippen LogP contribution in [0.4, 0.5) is 0 Å². The van der Waals surface area contributed by atoms with E-state index in [1.165, 1.54) is 11.1 Å². The maximum absolute atomic E-state index is 12.8. The molecule has 0 saturated carbocycles. The number of nitrogens with one attached hydrogen (secondary N) is 1. The van der Waals surface area contributed by atoms with E-state index in [0.29, 0.717) is 12.6 Å². The molecule has 158 valence electrons. The second-order valence-electron chi connectivity index (χ2n) is 8.05. The molecule has 0 bridgehead atoms. The molecule has 5 heteroatoms. The fourth-order valence-electron chi connectivity index (χ4n) is 4.39. The van der Waals surface area contributed by atoms with Crippen molar-refractivity contribution in [2.45, 2.75) is 64.3 Å². The molecule has 29 heavy (non-hydrogen) atoms. The van der Waals surface area contributed by atoms with Crippen molar-refractivity contribution >= 4 is 10.0 Å². The summed E-state index contributed by atoms with van der Waals surface area (Å²) < 4.78 is 28.3. The van der Waals surface area contributed by atoms with E-state index in [0.717, 1.165) is 56.3 Å². The summed E-state index contributed by atoms with van der Waals surface area (Å²) in [5, 5.41) is 0. The van der Waals surface area contributed by atoms with Crippen LogP contribution in [0.5, 0.6) is 0 Å². The van der Waals surface area contributed by atoms with Crippen LogP contribution in [0, 0.1) is 0 Å². The quantitative estimate of drug-likeness (QED) is 0.631. The Morgan fingerprint density at radius 3 is 2.41 bits per heavy atom. The van der Waals surface area contributed by atoms with Crippen molar-refractivity contribution in [1.82, 2.24) is 9.62 Å². The van der Waals surface area contributed by atoms with Crippen LogP contribution in [-0.4, -0.2) is 32.4 Å². The van der Waals surface area contributed by atoms with E-state index >= 15 is 0 Å². The third-order valence-electron chi connectivity index (χ3n) is 5.78. The van der Waals surface area contributed by atoms with E-state index < -0.39 is 10.0 Å². The minimum Gasteiger partial charge on any atom is -0.300 e. The Hall–Kier alpha value is -1.69. The Morgan fingerprint density at radius 1 is 1.00 bits per heavy atom. The molecule has 3 rings (SSSR count). The largest absolute Gasteiger partial charge is 0.300 e. The number of sulfonamides is 1. The summed E-state index contributed by atoms with van der Waals surface area (Å²) in [4.78, 5) is 2.60. The maximum Gasteiger partial charge on any atom is 0.216 e. The number of hydrogen-bond donors (Lipinski definition) is 1. The Bertz CT molecular complexity index is 875. The SMILES string of the molecule is CCCN(CCC)[C@H]1CCc2cccc(CS(=O)(=O)NCc3ccccc3)c2C1. The molecule has 0 heterocycles. The highest BCUT2D eigenvalue weighted by molar-refractivity contribution is 7.88. The second kappa shape index (κ2) is 10.4. The molecule has 0 unspecified atom stereocenters. The standard InChI is InChI=1S/C24H34N2O2S/c1-3-15-26(16-4-2)23-14-13-21-11-8-12-22(24(21)17-23)19-29(27,28)25-18-20-9-6-5-7-10-20/h5-12,23,25H,3-4,13-19H2,1-2H3/t23-/m0/s1. The van der Waals surface area contributed by atoms with Gasteiger partial charge in [-0.25, -0.2) is 13.1 Å². The van der Waals surface area contributed by atoms with Gasteiger partial charge < -0.3 is 4.90 Å². The minimum absolute atomic E-state index is 0.0529. The van der Waals surface area contributed by atoms with E-state index in [4.69, 9.17) is 0 Å². The molecule has 0 spiro atoms. The van der Waals surface area contributed by atoms with Gasteiger partial charge in [0.15, 0.2) is 0 Å². The van der Waals surface area contributed by atoms with Gasteiger partial charge in [-0.3, -0.25) is 0 Å². The first-order valence-corrected chi connectivity index (χ1v) is 12.5. The average molecular weight is 415 g/mol. The lowest BCUT2D eigenvalue weighted by molar-refractivity contribution is 0.180. The zero-order valence-electron chi connectivity index (χ0n) is 17.7. The maximum atomic E-state index is 12.8. The Balaban J connectivity index is 1.73. The van der Waals surface area contributed by atoms with Crippen LogP contribution in [0.2, 0.25) is 0 Å². The van der Waals surface area contributed by atoms with E-state index in [1.54, 1.807) is 0 Å². The monoisotopic (exact) mass is 414 g/mol. The molecule has 0 aliphatic heterocycles. The molecule has 2 aromatic rings. The van der Waals surface area contributed by atoms with Crippen molar-refractivity contribution in [2.24, 2.45) is 0 Å². The summed E-state index contributed by atoms with van der Waals surface area (Å²) in [6.45, 7) is 7.03. The zero-order valence-corrected chi connectivity index (χ0v) is 18.5. The molecule has 0 amide bonds. The van der Waals surface area contributed by atoms with Gasteiger partial charge in [-0.1, -0.05) is 62.4 Å². The van der Waals surface area contributed by atoms with Crippen LogP contribution in [0.15, 0.2) is 48.5 Å². The number of rotatable bonds is 10. The molecule has 0 saturated heterocycles. The Labute approximate surface area is 176 Å². The Kier molecular flexibility index (Phi) is 7.87. The van der Waals surface area contributed by atoms with Crippen LogP contribution in [0.1, 0.15) is 55.4 Å². The lowest BCUT2D eigenvalue weighted by Crippen LogP contribution is -2.40. The van der Waals surface area contributed by atoms with Crippen LogP contribution >= 0.6 is 0 Å². The normalized spacial score (nSPS) is 16.7. The van der Waals surface area contributed by atoms with E-state index in [9.17, 15) is 8.42 Å². The van der Waals surface area contributed by atoms with Crippen LogP contribution in [-0.2, 0) is 35.2 Å². The number of aryl methyl sites for hydroxylation is 1. The zero-order chi connectivity index (χ0) is 20.7. The second-order valence-corrected chi connectivity index (χ2v) is 9.86. The third kappa shape index (κ3) is 6.14. The smallest absolute Gasteiger partial charge is 0.216 e. The van der Waals surface area contributed by atoms with Crippen LogP contribution in [0.3, 0.4) is 0 Å². The van der Waals surface area contributed by atoms with Crippen molar-refractivity contribution in [3.05, 3.63) is 70.8 Å². The molecule has 1 aliphatic carbocycles. The first-order chi connectivity index (χ1) is 14.0. The molecule has 4 nitrogen and oxygen atoms in total. The predicted octanol–water partition coefficient (Wildman–Crippen LogP) is 4.29. The molecule has 2 aromatic carbocycles. The fourth-order valence-corrected chi connectivity index (χ4v) is 5.56. The molecule has 0 radical (unpaired) electrons. The van der Waals surface area contributed by atoms with Crippen molar-refractivity contribution < 1.29 is 8.42 Å². The van der Waals surface area contributed by atoms with E-state index in [1.807, 2.05) is 42.5 Å². The van der Waals surface area contributed by atoms with Gasteiger partial charge in [0.2, 0.25) is 10.0 Å². The lowest BCUT2D eigenvalue weighted by Gasteiger charge is -2.35. The van der Waals surface area contributed by atoms with E-state index in [-0.39, 0.29) is 5.75 Å². The molecular formula is C24H34N2O2S. The topological polar surface area (TPSA) is 49.4 Å². The van der Waals surface area contributed by atoms with E-state index in [2.05, 4.69) is 29.5 Å². The van der Waals surface area contributed by atoms with Crippen molar-refractivity contribution in [2.75, 3.05) is 13.1 Å². The third-order valence-corrected chi connectivity index (χ3v) is 7.05. The Morgan fingerprint density at radius 2 is 1.72 bits per heavy atom. The fraction of sp³-hybridized carbons (Fsp3) is 0.500. The number of fused-ring (bicyclic) bond motifs is 1. The van der Waals surface area contributed by atoms with Gasteiger partial charge in [-0.2, -0.15) is 0 Å². The highest BCUT2D eigenvalue weighted by Crippen LogP contribution is 2.28. The highest BCUT2D eigenvalue weighted by atomic mass is 32.2. The van der Waals surface area contributed by atoms with Crippen molar-refractivity contribution in [1.29, 1.82) is 0 Å². The summed E-state index contributed by atoms with van der Waals surface area (Å²) in [6, 6.07) is 16.4. The molecule has 0 aromatic heterocycles.